The fraction of sp³-hybridized carbons (Fsp3) is 0.583. The average molecular weight is 180 g/mol. The van der Waals surface area contributed by atoms with Crippen molar-refractivity contribution in [3.8, 4) is 0 Å². The summed E-state index contributed by atoms with van der Waals surface area (Å²) >= 11 is 0. The Bertz CT molecular complexity index is 246. The second-order valence-electron chi connectivity index (χ2n) is 4.15. The maximum absolute atomic E-state index is 11.7. The van der Waals surface area contributed by atoms with E-state index >= 15 is 0 Å². The van der Waals surface area contributed by atoms with E-state index in [1.165, 1.54) is 5.57 Å². The summed E-state index contributed by atoms with van der Waals surface area (Å²) in [5.41, 5.74) is 3.14. The van der Waals surface area contributed by atoms with Crippen molar-refractivity contribution in [2.24, 2.45) is 5.92 Å². The molecule has 0 saturated carbocycles. The number of hydrogen-bond donors (Lipinski definition) is 0. The topological polar surface area (TPSA) is 17.1 Å². The number of hydrogen-bond acceptors (Lipinski definition) is 1. The molecule has 0 radical (unpaired) electrons. The molecule has 0 spiro atoms. The summed E-state index contributed by atoms with van der Waals surface area (Å²) in [5.74, 6) is 0.321. The highest BCUT2D eigenvalue weighted by Crippen LogP contribution is 2.14. The molecule has 0 amide bonds. The number of carbonyl (C=O) groups excluding carboxylic acids is 1. The number of carbonyl (C=O) groups is 1. The molecular weight excluding hydrogens is 160 g/mol. The molecule has 0 atom stereocenters. The zero-order valence-electron chi connectivity index (χ0n) is 9.56. The van der Waals surface area contributed by atoms with Crippen LogP contribution in [0.5, 0.6) is 0 Å². The summed E-state index contributed by atoms with van der Waals surface area (Å²) in [6.07, 6.45) is 1.97. The van der Waals surface area contributed by atoms with E-state index < -0.39 is 0 Å². The summed E-state index contributed by atoms with van der Waals surface area (Å²) in [5, 5.41) is 0. The molecule has 0 aliphatic heterocycles. The lowest BCUT2D eigenvalue weighted by Crippen LogP contribution is -2.10. The Morgan fingerprint density at radius 1 is 1.08 bits per heavy atom. The van der Waals surface area contributed by atoms with Crippen LogP contribution in [0.3, 0.4) is 0 Å². The normalized spacial score (nSPS) is 9.77. The van der Waals surface area contributed by atoms with E-state index in [1.807, 2.05) is 47.6 Å². The van der Waals surface area contributed by atoms with Crippen LogP contribution in [0.15, 0.2) is 22.8 Å². The lowest BCUT2D eigenvalue weighted by molar-refractivity contribution is -0.118. The van der Waals surface area contributed by atoms with Crippen LogP contribution in [0.25, 0.3) is 0 Å². The second-order valence-corrected chi connectivity index (χ2v) is 4.15. The van der Waals surface area contributed by atoms with E-state index in [4.69, 9.17) is 0 Å². The standard InChI is InChI=1S/C12H20O/c1-8(2)7-11(9(3)4)12(13)10(5)6/h7,10H,1-6H3. The van der Waals surface area contributed by atoms with Crippen molar-refractivity contribution in [2.75, 3.05) is 0 Å². The first-order valence-electron chi connectivity index (χ1n) is 4.72. The molecule has 1 nitrogen and oxygen atoms in total. The van der Waals surface area contributed by atoms with Gasteiger partial charge in [0.2, 0.25) is 0 Å². The Kier molecular flexibility index (Phi) is 4.68. The van der Waals surface area contributed by atoms with Crippen LogP contribution in [-0.4, -0.2) is 5.78 Å². The minimum absolute atomic E-state index is 0.0838. The zero-order valence-corrected chi connectivity index (χ0v) is 9.56. The number of Topliss-reactive ketones (excluding diaryl/α,β-unsaturated/α-hetero) is 1. The first-order valence-corrected chi connectivity index (χ1v) is 4.72. The fourth-order valence-electron chi connectivity index (χ4n) is 1.06. The molecule has 0 unspecified atom stereocenters. The van der Waals surface area contributed by atoms with E-state index in [0.29, 0.717) is 0 Å². The SMILES string of the molecule is CC(C)=CC(C(=O)C(C)C)=C(C)C. The Morgan fingerprint density at radius 2 is 1.54 bits per heavy atom. The van der Waals surface area contributed by atoms with Crippen LogP contribution in [-0.2, 0) is 4.79 Å². The molecule has 0 aromatic carbocycles. The molecule has 0 rings (SSSR count). The first-order chi connectivity index (χ1) is 5.86. The van der Waals surface area contributed by atoms with Crippen LogP contribution >= 0.6 is 0 Å². The van der Waals surface area contributed by atoms with Gasteiger partial charge in [-0.15, -0.1) is 0 Å². The predicted molar refractivity (Wildman–Crippen MR) is 57.7 cm³/mol. The van der Waals surface area contributed by atoms with Gasteiger partial charge in [-0.1, -0.05) is 31.1 Å². The van der Waals surface area contributed by atoms with Crippen molar-refractivity contribution in [3.63, 3.8) is 0 Å². The van der Waals surface area contributed by atoms with Crippen LogP contribution in [0.1, 0.15) is 41.5 Å². The molecular formula is C12H20O. The minimum atomic E-state index is 0.0838. The van der Waals surface area contributed by atoms with Crippen LogP contribution < -0.4 is 0 Å². The van der Waals surface area contributed by atoms with Crippen LogP contribution in [0, 0.1) is 5.92 Å². The summed E-state index contributed by atoms with van der Waals surface area (Å²) in [4.78, 5) is 11.7. The molecule has 0 aromatic rings. The molecule has 0 aliphatic carbocycles. The maximum Gasteiger partial charge on any atom is 0.165 e. The molecule has 0 fully saturated rings. The summed E-state index contributed by atoms with van der Waals surface area (Å²) in [6.45, 7) is 11.9. The van der Waals surface area contributed by atoms with E-state index in [0.717, 1.165) is 11.1 Å². The lowest BCUT2D eigenvalue weighted by atomic mass is 9.96. The molecule has 0 N–H and O–H groups in total. The van der Waals surface area contributed by atoms with Gasteiger partial charge >= 0.3 is 0 Å². The van der Waals surface area contributed by atoms with Crippen LogP contribution in [0.4, 0.5) is 0 Å². The molecule has 0 aromatic heterocycles. The van der Waals surface area contributed by atoms with Gasteiger partial charge in [0.25, 0.3) is 0 Å². The third-order valence-electron chi connectivity index (χ3n) is 1.76. The van der Waals surface area contributed by atoms with Crippen molar-refractivity contribution in [2.45, 2.75) is 41.5 Å². The van der Waals surface area contributed by atoms with Gasteiger partial charge < -0.3 is 0 Å². The number of ketones is 1. The second kappa shape index (κ2) is 5.00. The maximum atomic E-state index is 11.7. The fourth-order valence-corrected chi connectivity index (χ4v) is 1.06. The largest absolute Gasteiger partial charge is 0.294 e. The quantitative estimate of drug-likeness (QED) is 0.480. The summed E-state index contributed by atoms with van der Waals surface area (Å²) in [6, 6.07) is 0. The van der Waals surface area contributed by atoms with Gasteiger partial charge in [-0.05, 0) is 27.7 Å². The van der Waals surface area contributed by atoms with Gasteiger partial charge in [0.05, 0.1) is 0 Å². The smallest absolute Gasteiger partial charge is 0.165 e. The highest BCUT2D eigenvalue weighted by molar-refractivity contribution is 5.99. The highest BCUT2D eigenvalue weighted by Gasteiger charge is 2.12. The Balaban J connectivity index is 4.98. The number of allylic oxidation sites excluding steroid dienone is 4. The third kappa shape index (κ3) is 4.07. The minimum Gasteiger partial charge on any atom is -0.294 e. The van der Waals surface area contributed by atoms with Gasteiger partial charge in [-0.2, -0.15) is 0 Å². The average Bonchev–Trinajstić information content (AvgIpc) is 1.97. The lowest BCUT2D eigenvalue weighted by Gasteiger charge is -2.07. The molecule has 74 valence electrons. The van der Waals surface area contributed by atoms with E-state index in [1.54, 1.807) is 0 Å². The van der Waals surface area contributed by atoms with Crippen molar-refractivity contribution in [1.29, 1.82) is 0 Å². The summed E-state index contributed by atoms with van der Waals surface area (Å²) in [7, 11) is 0. The predicted octanol–water partition coefficient (Wildman–Crippen LogP) is 3.51. The van der Waals surface area contributed by atoms with Gasteiger partial charge in [-0.25, -0.2) is 0 Å². The summed E-state index contributed by atoms with van der Waals surface area (Å²) < 4.78 is 0. The third-order valence-corrected chi connectivity index (χ3v) is 1.76. The zero-order chi connectivity index (χ0) is 10.6. The Morgan fingerprint density at radius 3 is 1.77 bits per heavy atom. The highest BCUT2D eigenvalue weighted by atomic mass is 16.1. The van der Waals surface area contributed by atoms with Gasteiger partial charge in [0.15, 0.2) is 5.78 Å². The van der Waals surface area contributed by atoms with Crippen molar-refractivity contribution >= 4 is 5.78 Å². The molecule has 0 aliphatic rings. The van der Waals surface area contributed by atoms with E-state index in [2.05, 4.69) is 0 Å². The molecule has 0 bridgehead atoms. The molecule has 1 heteroatoms. The molecule has 0 heterocycles. The van der Waals surface area contributed by atoms with E-state index in [9.17, 15) is 4.79 Å². The van der Waals surface area contributed by atoms with Crippen molar-refractivity contribution < 1.29 is 4.79 Å². The first kappa shape index (κ1) is 12.2. The van der Waals surface area contributed by atoms with Crippen molar-refractivity contribution in [1.82, 2.24) is 0 Å². The molecule has 13 heavy (non-hydrogen) atoms. The van der Waals surface area contributed by atoms with E-state index in [-0.39, 0.29) is 11.7 Å². The van der Waals surface area contributed by atoms with Crippen LogP contribution in [0.2, 0.25) is 0 Å². The van der Waals surface area contributed by atoms with Gasteiger partial charge in [0.1, 0.15) is 0 Å². The molecule has 0 saturated heterocycles. The monoisotopic (exact) mass is 180 g/mol. The van der Waals surface area contributed by atoms with Gasteiger partial charge in [-0.3, -0.25) is 4.79 Å². The van der Waals surface area contributed by atoms with Gasteiger partial charge in [0, 0.05) is 11.5 Å². The Labute approximate surface area is 81.5 Å². The van der Waals surface area contributed by atoms with Crippen molar-refractivity contribution in [3.05, 3.63) is 22.8 Å². The Hall–Kier alpha value is -0.850. The number of rotatable bonds is 3.